The van der Waals surface area contributed by atoms with Gasteiger partial charge in [0.15, 0.2) is 9.84 Å². The summed E-state index contributed by atoms with van der Waals surface area (Å²) in [6, 6.07) is 5.92. The molecule has 0 aliphatic carbocycles. The van der Waals surface area contributed by atoms with Gasteiger partial charge in [0.05, 0.1) is 29.8 Å². The summed E-state index contributed by atoms with van der Waals surface area (Å²) in [5, 5.41) is 0. The van der Waals surface area contributed by atoms with Crippen molar-refractivity contribution in [3.8, 4) is 0 Å². The number of hydrogen-bond donors (Lipinski definition) is 0. The largest absolute Gasteiger partial charge is 0.332 e. The van der Waals surface area contributed by atoms with Crippen molar-refractivity contribution in [2.45, 2.75) is 25.4 Å². The first kappa shape index (κ1) is 18.3. The molecule has 7 nitrogen and oxygen atoms in total. The van der Waals surface area contributed by atoms with Gasteiger partial charge in [-0.15, -0.1) is 0 Å². The van der Waals surface area contributed by atoms with Crippen molar-refractivity contribution < 1.29 is 21.6 Å². The zero-order valence-electron chi connectivity index (χ0n) is 14.3. The van der Waals surface area contributed by atoms with E-state index in [9.17, 15) is 21.6 Å². The zero-order valence-corrected chi connectivity index (χ0v) is 15.9. The molecule has 2 aliphatic heterocycles. The van der Waals surface area contributed by atoms with E-state index in [0.29, 0.717) is 12.0 Å². The highest BCUT2D eigenvalue weighted by Crippen LogP contribution is 2.30. The van der Waals surface area contributed by atoms with Crippen LogP contribution in [0.15, 0.2) is 24.3 Å². The van der Waals surface area contributed by atoms with Crippen molar-refractivity contribution >= 4 is 25.8 Å². The third-order valence-corrected chi connectivity index (χ3v) is 7.94. The van der Waals surface area contributed by atoms with Crippen molar-refractivity contribution in [3.05, 3.63) is 35.4 Å². The highest BCUT2D eigenvalue weighted by Gasteiger charge is 2.50. The lowest BCUT2D eigenvalue weighted by Gasteiger charge is -2.42. The van der Waals surface area contributed by atoms with Gasteiger partial charge in [-0.1, -0.05) is 25.1 Å². The zero-order chi connectivity index (χ0) is 18.4. The van der Waals surface area contributed by atoms with Crippen LogP contribution in [-0.4, -0.2) is 74.9 Å². The van der Waals surface area contributed by atoms with Crippen LogP contribution in [0.3, 0.4) is 0 Å². The normalized spacial score (nSPS) is 26.4. The van der Waals surface area contributed by atoms with Crippen LogP contribution in [0.1, 0.15) is 22.8 Å². The monoisotopic (exact) mass is 386 g/mol. The molecule has 0 radical (unpaired) electrons. The number of aryl methyl sites for hydroxylation is 1. The van der Waals surface area contributed by atoms with Gasteiger partial charge in [-0.05, 0) is 18.1 Å². The lowest BCUT2D eigenvalue weighted by atomic mass is 10.0. The number of fused-ring (bicyclic) bond motifs is 1. The molecule has 2 heterocycles. The number of sulfone groups is 1. The summed E-state index contributed by atoms with van der Waals surface area (Å²) >= 11 is 0. The average molecular weight is 386 g/mol. The van der Waals surface area contributed by atoms with E-state index in [1.54, 1.807) is 17.0 Å². The van der Waals surface area contributed by atoms with E-state index in [1.165, 1.54) is 4.31 Å². The van der Waals surface area contributed by atoms with Gasteiger partial charge in [-0.2, -0.15) is 4.31 Å². The number of benzene rings is 1. The Kier molecular flexibility index (Phi) is 4.67. The second-order valence-corrected chi connectivity index (χ2v) is 10.7. The Bertz CT molecular complexity index is 895. The lowest BCUT2D eigenvalue weighted by molar-refractivity contribution is 0.0515. The highest BCUT2D eigenvalue weighted by atomic mass is 32.2. The van der Waals surface area contributed by atoms with E-state index in [2.05, 4.69) is 0 Å². The van der Waals surface area contributed by atoms with Crippen molar-refractivity contribution in [1.29, 1.82) is 0 Å². The molecule has 1 aromatic carbocycles. The molecule has 3 rings (SSSR count). The van der Waals surface area contributed by atoms with E-state index in [4.69, 9.17) is 0 Å². The standard InChI is InChI=1S/C16H22N2O5S2/c1-3-12-6-4-5-7-13(12)16(19)17-8-9-18(24(2,20)21)15-11-25(22,23)10-14(15)17/h4-7,14-15H,3,8-11H2,1-2H3/t14-,15+/m1/s1. The van der Waals surface area contributed by atoms with Crippen molar-refractivity contribution in [2.75, 3.05) is 30.9 Å². The summed E-state index contributed by atoms with van der Waals surface area (Å²) in [5.41, 5.74) is 1.45. The predicted molar refractivity (Wildman–Crippen MR) is 94.6 cm³/mol. The Morgan fingerprint density at radius 2 is 1.80 bits per heavy atom. The van der Waals surface area contributed by atoms with Crippen molar-refractivity contribution in [2.24, 2.45) is 0 Å². The van der Waals surface area contributed by atoms with Crippen molar-refractivity contribution in [1.82, 2.24) is 9.21 Å². The molecular formula is C16H22N2O5S2. The number of rotatable bonds is 3. The third-order valence-electron chi connectivity index (χ3n) is 4.94. The van der Waals surface area contributed by atoms with Crippen LogP contribution < -0.4 is 0 Å². The minimum absolute atomic E-state index is 0.121. The molecule has 0 N–H and O–H groups in total. The minimum Gasteiger partial charge on any atom is -0.332 e. The Labute approximate surface area is 148 Å². The first-order valence-electron chi connectivity index (χ1n) is 8.20. The highest BCUT2D eigenvalue weighted by molar-refractivity contribution is 7.92. The average Bonchev–Trinajstić information content (AvgIpc) is 2.86. The van der Waals surface area contributed by atoms with Crippen LogP contribution in [0.2, 0.25) is 0 Å². The fourth-order valence-electron chi connectivity index (χ4n) is 3.78. The van der Waals surface area contributed by atoms with E-state index < -0.39 is 31.9 Å². The quantitative estimate of drug-likeness (QED) is 0.736. The maximum absolute atomic E-state index is 13.1. The van der Waals surface area contributed by atoms with Gasteiger partial charge in [0, 0.05) is 18.7 Å². The molecular weight excluding hydrogens is 364 g/mol. The molecule has 2 aliphatic rings. The van der Waals surface area contributed by atoms with Gasteiger partial charge in [0.25, 0.3) is 5.91 Å². The molecule has 0 saturated carbocycles. The van der Waals surface area contributed by atoms with Crippen LogP contribution in [0.4, 0.5) is 0 Å². The summed E-state index contributed by atoms with van der Waals surface area (Å²) < 4.78 is 49.5. The lowest BCUT2D eigenvalue weighted by Crippen LogP contribution is -2.61. The van der Waals surface area contributed by atoms with Crippen LogP contribution >= 0.6 is 0 Å². The second kappa shape index (κ2) is 6.37. The van der Waals surface area contributed by atoms with Gasteiger partial charge in [-0.25, -0.2) is 16.8 Å². The number of amides is 1. The number of sulfonamides is 1. The molecule has 2 saturated heterocycles. The first-order valence-corrected chi connectivity index (χ1v) is 11.9. The summed E-state index contributed by atoms with van der Waals surface area (Å²) in [4.78, 5) is 14.6. The summed E-state index contributed by atoms with van der Waals surface area (Å²) in [6.45, 7) is 2.27. The molecule has 1 amide bonds. The molecule has 25 heavy (non-hydrogen) atoms. The minimum atomic E-state index is -3.53. The Hall–Kier alpha value is -1.45. The SMILES string of the molecule is CCc1ccccc1C(=O)N1CCN(S(C)(=O)=O)[C@H]2CS(=O)(=O)C[C@H]21. The van der Waals surface area contributed by atoms with Gasteiger partial charge in [-0.3, -0.25) is 4.79 Å². The van der Waals surface area contributed by atoms with Gasteiger partial charge in [0.2, 0.25) is 10.0 Å². The number of nitrogens with zero attached hydrogens (tertiary/aromatic N) is 2. The number of carbonyl (C=O) groups is 1. The Balaban J connectivity index is 1.97. The second-order valence-electron chi connectivity index (χ2n) is 6.59. The molecule has 2 fully saturated rings. The smallest absolute Gasteiger partial charge is 0.254 e. The molecule has 0 aromatic heterocycles. The fourth-order valence-corrected chi connectivity index (χ4v) is 6.97. The van der Waals surface area contributed by atoms with Crippen LogP contribution in [-0.2, 0) is 26.3 Å². The van der Waals surface area contributed by atoms with Crippen molar-refractivity contribution in [3.63, 3.8) is 0 Å². The maximum Gasteiger partial charge on any atom is 0.254 e. The molecule has 0 spiro atoms. The Morgan fingerprint density at radius 1 is 1.16 bits per heavy atom. The maximum atomic E-state index is 13.1. The summed E-state index contributed by atoms with van der Waals surface area (Å²) in [5.74, 6) is -0.647. The molecule has 1 aromatic rings. The van der Waals surface area contributed by atoms with Gasteiger partial charge >= 0.3 is 0 Å². The topological polar surface area (TPSA) is 91.8 Å². The molecule has 0 bridgehead atoms. The number of carbonyl (C=O) groups excluding carboxylic acids is 1. The molecule has 138 valence electrons. The van der Waals surface area contributed by atoms with E-state index in [1.807, 2.05) is 19.1 Å². The summed E-state index contributed by atoms with van der Waals surface area (Å²) in [7, 11) is -6.91. The molecule has 2 atom stereocenters. The van der Waals surface area contributed by atoms with Crippen LogP contribution in [0.25, 0.3) is 0 Å². The number of hydrogen-bond acceptors (Lipinski definition) is 5. The summed E-state index contributed by atoms with van der Waals surface area (Å²) in [6.07, 6.45) is 1.77. The van der Waals surface area contributed by atoms with Crippen LogP contribution in [0.5, 0.6) is 0 Å². The third kappa shape index (κ3) is 3.45. The Morgan fingerprint density at radius 3 is 2.44 bits per heavy atom. The van der Waals surface area contributed by atoms with E-state index in [-0.39, 0.29) is 30.5 Å². The van der Waals surface area contributed by atoms with Gasteiger partial charge < -0.3 is 4.90 Å². The fraction of sp³-hybridized carbons (Fsp3) is 0.562. The number of piperazine rings is 1. The van der Waals surface area contributed by atoms with Gasteiger partial charge in [0.1, 0.15) is 0 Å². The van der Waals surface area contributed by atoms with E-state index in [0.717, 1.165) is 11.8 Å². The van der Waals surface area contributed by atoms with E-state index >= 15 is 0 Å². The molecule has 0 unspecified atom stereocenters. The first-order chi connectivity index (χ1) is 11.6. The van der Waals surface area contributed by atoms with Crippen LogP contribution in [0, 0.1) is 0 Å². The molecule has 9 heteroatoms. The predicted octanol–water partition coefficient (Wildman–Crippen LogP) is 0.132.